The fourth-order valence-electron chi connectivity index (χ4n) is 2.36. The Kier molecular flexibility index (Phi) is 9.11. The molecule has 2 nitrogen and oxygen atoms in total. The highest BCUT2D eigenvalue weighted by Crippen LogP contribution is 2.20. The minimum absolute atomic E-state index is 0.0107. The summed E-state index contributed by atoms with van der Waals surface area (Å²) in [4.78, 5) is 0. The Bertz CT molecular complexity index is 426. The number of rotatable bonds is 10. The summed E-state index contributed by atoms with van der Waals surface area (Å²) in [6.07, 6.45) is 7.68. The SMILES string of the molecule is Cc1cc(Br)ccc1NCCCCCCCCOC(C)(C)C. The Morgan fingerprint density at radius 3 is 2.27 bits per heavy atom. The van der Waals surface area contributed by atoms with Crippen molar-refractivity contribution in [3.63, 3.8) is 0 Å². The first-order valence-corrected chi connectivity index (χ1v) is 9.32. The van der Waals surface area contributed by atoms with Gasteiger partial charge in [0, 0.05) is 23.3 Å². The van der Waals surface area contributed by atoms with E-state index in [2.05, 4.69) is 67.1 Å². The molecule has 0 atom stereocenters. The van der Waals surface area contributed by atoms with Gasteiger partial charge in [-0.15, -0.1) is 0 Å². The summed E-state index contributed by atoms with van der Waals surface area (Å²) >= 11 is 3.50. The number of hydrogen-bond acceptors (Lipinski definition) is 2. The van der Waals surface area contributed by atoms with E-state index in [1.807, 2.05) is 0 Å². The summed E-state index contributed by atoms with van der Waals surface area (Å²) in [5.41, 5.74) is 2.56. The summed E-state index contributed by atoms with van der Waals surface area (Å²) in [5, 5.41) is 3.53. The molecule has 0 radical (unpaired) electrons. The third-order valence-electron chi connectivity index (χ3n) is 3.61. The predicted molar refractivity (Wildman–Crippen MR) is 101 cm³/mol. The maximum atomic E-state index is 5.73. The van der Waals surface area contributed by atoms with Gasteiger partial charge in [0.15, 0.2) is 0 Å². The Balaban J connectivity index is 1.96. The molecule has 0 aliphatic carbocycles. The highest BCUT2D eigenvalue weighted by atomic mass is 79.9. The lowest BCUT2D eigenvalue weighted by Crippen LogP contribution is -2.19. The highest BCUT2D eigenvalue weighted by molar-refractivity contribution is 9.10. The summed E-state index contributed by atoms with van der Waals surface area (Å²) < 4.78 is 6.87. The van der Waals surface area contributed by atoms with Crippen LogP contribution in [-0.2, 0) is 4.74 Å². The summed E-state index contributed by atoms with van der Waals surface area (Å²) in [5.74, 6) is 0. The van der Waals surface area contributed by atoms with Crippen molar-refractivity contribution < 1.29 is 4.74 Å². The molecule has 0 saturated carbocycles. The van der Waals surface area contributed by atoms with Crippen LogP contribution in [0.15, 0.2) is 22.7 Å². The van der Waals surface area contributed by atoms with Gasteiger partial charge in [0.1, 0.15) is 0 Å². The van der Waals surface area contributed by atoms with Crippen LogP contribution >= 0.6 is 15.9 Å². The monoisotopic (exact) mass is 369 g/mol. The molecular weight excluding hydrogens is 338 g/mol. The van der Waals surface area contributed by atoms with Crippen LogP contribution in [0.4, 0.5) is 5.69 Å². The minimum atomic E-state index is 0.0107. The van der Waals surface area contributed by atoms with Crippen LogP contribution in [-0.4, -0.2) is 18.8 Å². The average Bonchev–Trinajstić information content (AvgIpc) is 2.41. The van der Waals surface area contributed by atoms with Gasteiger partial charge in [-0.1, -0.05) is 41.6 Å². The van der Waals surface area contributed by atoms with Crippen molar-refractivity contribution in [2.75, 3.05) is 18.5 Å². The fourth-order valence-corrected chi connectivity index (χ4v) is 2.84. The van der Waals surface area contributed by atoms with Gasteiger partial charge < -0.3 is 10.1 Å². The number of hydrogen-bond donors (Lipinski definition) is 1. The average molecular weight is 370 g/mol. The molecule has 22 heavy (non-hydrogen) atoms. The van der Waals surface area contributed by atoms with Crippen molar-refractivity contribution in [3.8, 4) is 0 Å². The van der Waals surface area contributed by atoms with Crippen molar-refractivity contribution >= 4 is 21.6 Å². The number of aryl methyl sites for hydroxylation is 1. The van der Waals surface area contributed by atoms with E-state index in [0.717, 1.165) is 17.6 Å². The van der Waals surface area contributed by atoms with Crippen molar-refractivity contribution in [3.05, 3.63) is 28.2 Å². The van der Waals surface area contributed by atoms with Crippen molar-refractivity contribution in [1.82, 2.24) is 0 Å². The van der Waals surface area contributed by atoms with E-state index in [-0.39, 0.29) is 5.60 Å². The van der Waals surface area contributed by atoms with E-state index in [1.165, 1.54) is 49.8 Å². The molecule has 0 spiro atoms. The lowest BCUT2D eigenvalue weighted by atomic mass is 10.1. The zero-order chi connectivity index (χ0) is 16.4. The van der Waals surface area contributed by atoms with Crippen LogP contribution in [0.5, 0.6) is 0 Å². The Morgan fingerprint density at radius 2 is 1.64 bits per heavy atom. The molecule has 1 N–H and O–H groups in total. The predicted octanol–water partition coefficient (Wildman–Crippen LogP) is 6.33. The Morgan fingerprint density at radius 1 is 1.00 bits per heavy atom. The topological polar surface area (TPSA) is 21.3 Å². The van der Waals surface area contributed by atoms with Crippen LogP contribution in [0, 0.1) is 6.92 Å². The second kappa shape index (κ2) is 10.3. The molecule has 0 aromatic heterocycles. The zero-order valence-corrected chi connectivity index (χ0v) is 16.3. The smallest absolute Gasteiger partial charge is 0.0598 e. The van der Waals surface area contributed by atoms with E-state index in [0.29, 0.717) is 0 Å². The second-order valence-corrected chi connectivity index (χ2v) is 7.88. The molecule has 1 aromatic carbocycles. The first-order valence-electron chi connectivity index (χ1n) is 8.52. The van der Waals surface area contributed by atoms with Crippen molar-refractivity contribution in [2.24, 2.45) is 0 Å². The lowest BCUT2D eigenvalue weighted by molar-refractivity contribution is -0.00474. The van der Waals surface area contributed by atoms with Gasteiger partial charge in [0.25, 0.3) is 0 Å². The van der Waals surface area contributed by atoms with E-state index >= 15 is 0 Å². The van der Waals surface area contributed by atoms with Crippen LogP contribution in [0.2, 0.25) is 0 Å². The molecule has 1 aromatic rings. The Hall–Kier alpha value is -0.540. The first kappa shape index (κ1) is 19.5. The number of anilines is 1. The highest BCUT2D eigenvalue weighted by Gasteiger charge is 2.08. The van der Waals surface area contributed by atoms with Gasteiger partial charge in [-0.2, -0.15) is 0 Å². The third-order valence-corrected chi connectivity index (χ3v) is 4.10. The molecular formula is C19H32BrNO. The van der Waals surface area contributed by atoms with Crippen molar-refractivity contribution in [2.45, 2.75) is 71.8 Å². The molecule has 0 aliphatic rings. The van der Waals surface area contributed by atoms with Crippen LogP contribution < -0.4 is 5.32 Å². The zero-order valence-electron chi connectivity index (χ0n) is 14.7. The Labute approximate surface area is 145 Å². The standard InChI is InChI=1S/C19H32BrNO/c1-16-15-17(20)11-12-18(16)21-13-9-7-5-6-8-10-14-22-19(2,3)4/h11-12,15,21H,5-10,13-14H2,1-4H3. The maximum Gasteiger partial charge on any atom is 0.0598 e. The second-order valence-electron chi connectivity index (χ2n) is 6.97. The number of halogens is 1. The van der Waals surface area contributed by atoms with Gasteiger partial charge in [-0.05, 0) is 64.3 Å². The summed E-state index contributed by atoms with van der Waals surface area (Å²) in [6, 6.07) is 6.39. The number of unbranched alkanes of at least 4 members (excludes halogenated alkanes) is 5. The minimum Gasteiger partial charge on any atom is -0.385 e. The molecule has 0 heterocycles. The molecule has 0 amide bonds. The van der Waals surface area contributed by atoms with E-state index in [1.54, 1.807) is 0 Å². The molecule has 0 fully saturated rings. The third kappa shape index (κ3) is 9.47. The van der Waals surface area contributed by atoms with Crippen LogP contribution in [0.3, 0.4) is 0 Å². The molecule has 0 bridgehead atoms. The molecule has 0 aliphatic heterocycles. The number of nitrogens with one attached hydrogen (secondary N) is 1. The molecule has 126 valence electrons. The fraction of sp³-hybridized carbons (Fsp3) is 0.684. The number of benzene rings is 1. The normalized spacial score (nSPS) is 11.7. The quantitative estimate of drug-likeness (QED) is 0.486. The number of ether oxygens (including phenoxy) is 1. The maximum absolute atomic E-state index is 5.73. The van der Waals surface area contributed by atoms with Gasteiger partial charge in [-0.25, -0.2) is 0 Å². The van der Waals surface area contributed by atoms with Gasteiger partial charge >= 0.3 is 0 Å². The lowest BCUT2D eigenvalue weighted by Gasteiger charge is -2.19. The first-order chi connectivity index (χ1) is 10.4. The van der Waals surface area contributed by atoms with Crippen LogP contribution in [0.25, 0.3) is 0 Å². The van der Waals surface area contributed by atoms with Gasteiger partial charge in [0.2, 0.25) is 0 Å². The molecule has 3 heteroatoms. The van der Waals surface area contributed by atoms with E-state index in [4.69, 9.17) is 4.74 Å². The largest absolute Gasteiger partial charge is 0.385 e. The summed E-state index contributed by atoms with van der Waals surface area (Å²) in [7, 11) is 0. The summed E-state index contributed by atoms with van der Waals surface area (Å²) in [6.45, 7) is 10.5. The van der Waals surface area contributed by atoms with Gasteiger partial charge in [0.05, 0.1) is 5.60 Å². The molecule has 0 saturated heterocycles. The van der Waals surface area contributed by atoms with Gasteiger partial charge in [-0.3, -0.25) is 0 Å². The van der Waals surface area contributed by atoms with E-state index in [9.17, 15) is 0 Å². The van der Waals surface area contributed by atoms with Crippen LogP contribution in [0.1, 0.15) is 64.9 Å². The van der Waals surface area contributed by atoms with E-state index < -0.39 is 0 Å². The molecule has 0 unspecified atom stereocenters. The van der Waals surface area contributed by atoms with Crippen molar-refractivity contribution in [1.29, 1.82) is 0 Å². The molecule has 1 rings (SSSR count).